The molecule has 0 aromatic heterocycles. The molecule has 6 rings (SSSR count). The van der Waals surface area contributed by atoms with Crippen molar-refractivity contribution in [1.29, 1.82) is 0 Å². The summed E-state index contributed by atoms with van der Waals surface area (Å²) < 4.78 is 78.6. The van der Waals surface area contributed by atoms with E-state index in [1.165, 1.54) is 31.8 Å². The summed E-state index contributed by atoms with van der Waals surface area (Å²) in [6.45, 7) is 4.64. The Morgan fingerprint density at radius 2 is 0.404 bits per heavy atom. The van der Waals surface area contributed by atoms with Gasteiger partial charge in [0.25, 0.3) is 0 Å². The van der Waals surface area contributed by atoms with Gasteiger partial charge in [-0.25, -0.2) is 0 Å². The van der Waals surface area contributed by atoms with Crippen LogP contribution in [0.1, 0.15) is 13.8 Å². The molecule has 0 atom stereocenters. The van der Waals surface area contributed by atoms with Gasteiger partial charge in [-0.3, -0.25) is 0 Å². The van der Waals surface area contributed by atoms with E-state index < -0.39 is 43.8 Å². The van der Waals surface area contributed by atoms with Gasteiger partial charge < -0.3 is 0 Å². The zero-order valence-corrected chi connectivity index (χ0v) is 32.6. The quantitative estimate of drug-likeness (QED) is 0.0813. The van der Waals surface area contributed by atoms with Gasteiger partial charge in [0.2, 0.25) is 0 Å². The van der Waals surface area contributed by atoms with Crippen LogP contribution in [0.2, 0.25) is 0 Å². The predicted molar refractivity (Wildman–Crippen MR) is 200 cm³/mol. The third-order valence-corrected chi connectivity index (χ3v) is 17.1. The zero-order valence-electron chi connectivity index (χ0n) is 28.4. The Kier molecular flexibility index (Phi) is 17.2. The molecule has 0 heterocycles. The molecule has 280 valence electrons. The molecule has 0 saturated carbocycles. The average molecular weight is 845 g/mol. The van der Waals surface area contributed by atoms with Gasteiger partial charge in [0.05, 0.1) is 12.3 Å². The van der Waals surface area contributed by atoms with Gasteiger partial charge in [-0.05, 0) is 86.6 Å². The summed E-state index contributed by atoms with van der Waals surface area (Å²) in [5.74, 6) is 0. The molecule has 0 aliphatic rings. The summed E-state index contributed by atoms with van der Waals surface area (Å²) >= 11 is -13.2. The summed E-state index contributed by atoms with van der Waals surface area (Å²) in [6, 6.07) is 66.0. The Labute approximate surface area is 310 Å². The van der Waals surface area contributed by atoms with Crippen molar-refractivity contribution in [2.75, 3.05) is 12.3 Å². The van der Waals surface area contributed by atoms with E-state index in [0.717, 1.165) is 12.3 Å². The van der Waals surface area contributed by atoms with E-state index in [1.54, 1.807) is 0 Å². The molecule has 6 aromatic rings. The molecule has 52 heavy (non-hydrogen) atoms. The van der Waals surface area contributed by atoms with Crippen molar-refractivity contribution in [2.45, 2.75) is 13.8 Å². The Hall–Kier alpha value is -3.34. The maximum absolute atomic E-state index is 9.83. The molecule has 0 aliphatic carbocycles. The summed E-state index contributed by atoms with van der Waals surface area (Å²) in [5.41, 5.74) is 0. The fourth-order valence-electron chi connectivity index (χ4n) is 6.08. The molecule has 0 nitrogen and oxygen atoms in total. The molecule has 0 fully saturated rings. The van der Waals surface area contributed by atoms with Crippen molar-refractivity contribution < 1.29 is 57.7 Å². The molecule has 0 amide bonds. The summed E-state index contributed by atoms with van der Waals surface area (Å²) in [4.78, 5) is 0. The number of hydrogen-bond donors (Lipinski definition) is 0. The Morgan fingerprint density at radius 3 is 0.500 bits per heavy atom. The standard InChI is InChI=1S/2C20H20P.8FH.2Mn/c2*1-2-21(18-12-6-3-7-13-18,19-14-8-4-9-15-19)20-16-10-5-11-17-20;;;;;;;;;;/h2*3-17H,2H2,1H3;8*1H;;/q2*+1;;;;;;;;;2*+3/p-8. The van der Waals surface area contributed by atoms with Crippen LogP contribution in [0.5, 0.6) is 0 Å². The van der Waals surface area contributed by atoms with Gasteiger partial charge in [0, 0.05) is 0 Å². The normalized spacial score (nSPS) is 12.0. The molecular formula is C40H40F8Mn2P2. The molecule has 0 unspecified atom stereocenters. The van der Waals surface area contributed by atoms with Crippen molar-refractivity contribution in [1.82, 2.24) is 0 Å². The Balaban J connectivity index is 0.000000223. The average Bonchev–Trinajstić information content (AvgIpc) is 3.15. The first kappa shape index (κ1) is 43.1. The third kappa shape index (κ3) is 13.0. The van der Waals surface area contributed by atoms with Crippen LogP contribution < -0.4 is 31.8 Å². The fraction of sp³-hybridized carbons (Fsp3) is 0.100. The second kappa shape index (κ2) is 20.8. The van der Waals surface area contributed by atoms with Crippen molar-refractivity contribution in [3.8, 4) is 0 Å². The molecule has 0 N–H and O–H groups in total. The van der Waals surface area contributed by atoms with Crippen molar-refractivity contribution in [2.24, 2.45) is 0 Å². The minimum atomic E-state index is -6.62. The van der Waals surface area contributed by atoms with Gasteiger partial charge in [-0.2, -0.15) is 0 Å². The summed E-state index contributed by atoms with van der Waals surface area (Å²) in [6.07, 6.45) is 2.29. The monoisotopic (exact) mass is 844 g/mol. The number of benzene rings is 6. The molecule has 12 heteroatoms. The zero-order chi connectivity index (χ0) is 38.1. The van der Waals surface area contributed by atoms with Crippen LogP contribution in [0.4, 0.5) is 28.4 Å². The topological polar surface area (TPSA) is 0 Å². The van der Waals surface area contributed by atoms with Crippen LogP contribution in [0.25, 0.3) is 0 Å². The van der Waals surface area contributed by atoms with Crippen molar-refractivity contribution in [3.63, 3.8) is 0 Å². The van der Waals surface area contributed by atoms with Gasteiger partial charge in [0.15, 0.2) is 0 Å². The van der Waals surface area contributed by atoms with E-state index in [-0.39, 0.29) is 0 Å². The van der Waals surface area contributed by atoms with E-state index in [9.17, 15) is 28.4 Å². The minimum absolute atomic E-state index is 1.14. The SMILES string of the molecule is CC[P+](c1ccccc1)(c1ccccc1)c1ccccc1.CC[P+](c1ccccc1)(c1ccccc1)c1ccccc1.[F][Mn-]([F])([F])[F].[F][Mn-]([F])([F])[F]. The molecule has 0 radical (unpaired) electrons. The second-order valence-electron chi connectivity index (χ2n) is 10.9. The van der Waals surface area contributed by atoms with E-state index >= 15 is 0 Å². The van der Waals surface area contributed by atoms with Crippen LogP contribution in [0.3, 0.4) is 0 Å². The van der Waals surface area contributed by atoms with Crippen LogP contribution in [0.15, 0.2) is 182 Å². The summed E-state index contributed by atoms with van der Waals surface area (Å²) in [7, 11) is -3.07. The van der Waals surface area contributed by atoms with Crippen LogP contribution in [-0.2, 0) is 29.3 Å². The number of hydrogen-bond acceptors (Lipinski definition) is 0. The van der Waals surface area contributed by atoms with Gasteiger partial charge in [-0.15, -0.1) is 0 Å². The molecule has 0 spiro atoms. The van der Waals surface area contributed by atoms with E-state index in [0.29, 0.717) is 0 Å². The summed E-state index contributed by atoms with van der Waals surface area (Å²) in [5, 5.41) is 8.78. The van der Waals surface area contributed by atoms with E-state index in [2.05, 4.69) is 196 Å². The van der Waals surface area contributed by atoms with Crippen molar-refractivity contribution in [3.05, 3.63) is 182 Å². The van der Waals surface area contributed by atoms with Crippen LogP contribution >= 0.6 is 14.5 Å². The van der Waals surface area contributed by atoms with Crippen LogP contribution in [-0.4, -0.2) is 12.3 Å². The molecular weight excluding hydrogens is 804 g/mol. The number of halogens is 8. The Morgan fingerprint density at radius 1 is 0.288 bits per heavy atom. The van der Waals surface area contributed by atoms with Gasteiger partial charge in [0.1, 0.15) is 46.4 Å². The number of rotatable bonds is 8. The van der Waals surface area contributed by atoms with E-state index in [4.69, 9.17) is 0 Å². The molecule has 6 aromatic carbocycles. The molecule has 0 bridgehead atoms. The first-order chi connectivity index (χ1) is 24.8. The first-order valence-corrected chi connectivity index (χ1v) is 23.5. The third-order valence-electron chi connectivity index (χ3n) is 8.13. The maximum atomic E-state index is 9.83. The van der Waals surface area contributed by atoms with Gasteiger partial charge >= 0.3 is 57.7 Å². The van der Waals surface area contributed by atoms with Gasteiger partial charge in [-0.1, -0.05) is 109 Å². The van der Waals surface area contributed by atoms with Crippen molar-refractivity contribution >= 4 is 46.4 Å². The fourth-order valence-corrected chi connectivity index (χ4v) is 14.2. The second-order valence-corrected chi connectivity index (χ2v) is 20.5. The first-order valence-electron chi connectivity index (χ1n) is 16.0. The van der Waals surface area contributed by atoms with Crippen LogP contribution in [0, 0.1) is 0 Å². The molecule has 0 aliphatic heterocycles. The predicted octanol–water partition coefficient (Wildman–Crippen LogP) is 11.4. The Bertz CT molecular complexity index is 1490. The van der Waals surface area contributed by atoms with E-state index in [1.807, 2.05) is 0 Å². The molecule has 0 saturated heterocycles.